The Morgan fingerprint density at radius 1 is 1.08 bits per heavy atom. The Balaban J connectivity index is 1.86. The zero-order valence-corrected chi connectivity index (χ0v) is 14.9. The van der Waals surface area contributed by atoms with E-state index in [9.17, 15) is 13.2 Å². The number of hydrazine groups is 1. The summed E-state index contributed by atoms with van der Waals surface area (Å²) >= 11 is 1.33. The first-order chi connectivity index (χ1) is 11.4. The van der Waals surface area contributed by atoms with Crippen LogP contribution in [0, 0.1) is 6.92 Å². The number of carbonyl (C=O) groups excluding carboxylic acids is 1. The van der Waals surface area contributed by atoms with Crippen LogP contribution in [0.4, 0.5) is 0 Å². The highest BCUT2D eigenvalue weighted by Gasteiger charge is 2.15. The summed E-state index contributed by atoms with van der Waals surface area (Å²) in [6, 6.07) is 13.6. The summed E-state index contributed by atoms with van der Waals surface area (Å²) in [7, 11) is -2.32. The topological polar surface area (TPSA) is 84.5 Å². The van der Waals surface area contributed by atoms with Crippen LogP contribution in [0.25, 0.3) is 0 Å². The predicted molar refractivity (Wildman–Crippen MR) is 93.4 cm³/mol. The number of ether oxygens (including phenoxy) is 1. The van der Waals surface area contributed by atoms with Crippen LogP contribution in [0.5, 0.6) is 5.75 Å². The van der Waals surface area contributed by atoms with Crippen LogP contribution in [0.3, 0.4) is 0 Å². The molecule has 0 bridgehead atoms. The summed E-state index contributed by atoms with van der Waals surface area (Å²) in [6.07, 6.45) is 0. The summed E-state index contributed by atoms with van der Waals surface area (Å²) in [5, 5.41) is 0. The number of rotatable bonds is 7. The van der Waals surface area contributed by atoms with Crippen LogP contribution in [0.2, 0.25) is 0 Å². The van der Waals surface area contributed by atoms with Crippen molar-refractivity contribution in [3.63, 3.8) is 0 Å². The quantitative estimate of drug-likeness (QED) is 0.579. The molecule has 0 aromatic heterocycles. The van der Waals surface area contributed by atoms with E-state index in [1.807, 2.05) is 31.2 Å². The first-order valence-corrected chi connectivity index (χ1v) is 9.52. The van der Waals surface area contributed by atoms with Crippen LogP contribution in [0.1, 0.15) is 5.56 Å². The second kappa shape index (κ2) is 8.18. The van der Waals surface area contributed by atoms with Crippen molar-refractivity contribution >= 4 is 27.7 Å². The Kier molecular flexibility index (Phi) is 6.24. The summed E-state index contributed by atoms with van der Waals surface area (Å²) in [5.41, 5.74) is 3.34. The Bertz CT molecular complexity index is 788. The molecule has 0 saturated heterocycles. The summed E-state index contributed by atoms with van der Waals surface area (Å²) in [6.45, 7) is 1.98. The Labute approximate surface area is 145 Å². The molecule has 0 radical (unpaired) electrons. The average Bonchev–Trinajstić information content (AvgIpc) is 2.59. The van der Waals surface area contributed by atoms with Gasteiger partial charge in [0.15, 0.2) is 0 Å². The predicted octanol–water partition coefficient (Wildman–Crippen LogP) is 2.11. The fourth-order valence-electron chi connectivity index (χ4n) is 1.76. The highest BCUT2D eigenvalue weighted by Crippen LogP contribution is 2.18. The van der Waals surface area contributed by atoms with E-state index in [4.69, 9.17) is 4.74 Å². The minimum Gasteiger partial charge on any atom is -0.497 e. The minimum absolute atomic E-state index is 0.0368. The zero-order valence-electron chi connectivity index (χ0n) is 13.3. The van der Waals surface area contributed by atoms with Crippen LogP contribution in [0.15, 0.2) is 58.3 Å². The number of methoxy groups -OCH3 is 1. The summed E-state index contributed by atoms with van der Waals surface area (Å²) < 4.78 is 29.1. The third kappa shape index (κ3) is 5.26. The van der Waals surface area contributed by atoms with Crippen molar-refractivity contribution in [2.45, 2.75) is 16.7 Å². The maximum Gasteiger partial charge on any atom is 0.257 e. The van der Waals surface area contributed by atoms with Gasteiger partial charge >= 0.3 is 0 Å². The van der Waals surface area contributed by atoms with Gasteiger partial charge in [0.1, 0.15) is 5.75 Å². The molecule has 128 valence electrons. The fourth-order valence-corrected chi connectivity index (χ4v) is 3.32. The van der Waals surface area contributed by atoms with Gasteiger partial charge in [-0.05, 0) is 43.3 Å². The van der Waals surface area contributed by atoms with Gasteiger partial charge in [-0.3, -0.25) is 10.2 Å². The van der Waals surface area contributed by atoms with E-state index >= 15 is 0 Å². The smallest absolute Gasteiger partial charge is 0.257 e. The first kappa shape index (κ1) is 18.3. The number of carbonyl (C=O) groups is 1. The van der Waals surface area contributed by atoms with Gasteiger partial charge in [0.25, 0.3) is 10.0 Å². The van der Waals surface area contributed by atoms with E-state index in [-0.39, 0.29) is 10.6 Å². The van der Waals surface area contributed by atoms with Crippen molar-refractivity contribution in [3.8, 4) is 5.75 Å². The monoisotopic (exact) mass is 366 g/mol. The van der Waals surface area contributed by atoms with Crippen LogP contribution in [-0.2, 0) is 14.8 Å². The number of sulfonamides is 1. The summed E-state index contributed by atoms with van der Waals surface area (Å²) in [4.78, 5) is 14.8. The number of benzene rings is 2. The SMILES string of the molecule is COc1ccc(S(=O)(=O)NNC(=O)CSc2ccc(C)cc2)cc1. The molecule has 0 aliphatic rings. The Hall–Kier alpha value is -2.03. The van der Waals surface area contributed by atoms with Crippen molar-refractivity contribution in [1.82, 2.24) is 10.3 Å². The van der Waals surface area contributed by atoms with E-state index < -0.39 is 15.9 Å². The number of aryl methyl sites for hydroxylation is 1. The molecule has 6 nitrogen and oxygen atoms in total. The number of amides is 1. The van der Waals surface area contributed by atoms with Gasteiger partial charge in [0.05, 0.1) is 17.8 Å². The molecule has 2 aromatic carbocycles. The molecule has 0 aliphatic heterocycles. The molecule has 0 atom stereocenters. The highest BCUT2D eigenvalue weighted by atomic mass is 32.2. The molecule has 0 spiro atoms. The van der Waals surface area contributed by atoms with Gasteiger partial charge < -0.3 is 4.74 Å². The van der Waals surface area contributed by atoms with Gasteiger partial charge in [-0.1, -0.05) is 17.7 Å². The van der Waals surface area contributed by atoms with E-state index in [0.29, 0.717) is 5.75 Å². The average molecular weight is 366 g/mol. The number of thioether (sulfide) groups is 1. The molecule has 0 saturated carbocycles. The molecular weight excluding hydrogens is 348 g/mol. The first-order valence-electron chi connectivity index (χ1n) is 7.05. The largest absolute Gasteiger partial charge is 0.497 e. The fraction of sp³-hybridized carbons (Fsp3) is 0.188. The van der Waals surface area contributed by atoms with Crippen LogP contribution < -0.4 is 15.0 Å². The van der Waals surface area contributed by atoms with Gasteiger partial charge in [-0.2, -0.15) is 0 Å². The Morgan fingerprint density at radius 3 is 2.29 bits per heavy atom. The van der Waals surface area contributed by atoms with Gasteiger partial charge in [0.2, 0.25) is 5.91 Å². The molecule has 0 fully saturated rings. The second-order valence-corrected chi connectivity index (χ2v) is 7.66. The lowest BCUT2D eigenvalue weighted by atomic mass is 10.2. The number of nitrogens with one attached hydrogen (secondary N) is 2. The van der Waals surface area contributed by atoms with Gasteiger partial charge in [-0.25, -0.2) is 8.42 Å². The van der Waals surface area contributed by atoms with E-state index in [2.05, 4.69) is 10.3 Å². The lowest BCUT2D eigenvalue weighted by molar-refractivity contribution is -0.119. The molecular formula is C16H18N2O4S2. The van der Waals surface area contributed by atoms with Crippen molar-refractivity contribution in [3.05, 3.63) is 54.1 Å². The molecule has 0 unspecified atom stereocenters. The molecule has 0 heterocycles. The third-order valence-electron chi connectivity index (χ3n) is 3.09. The maximum atomic E-state index is 12.1. The Morgan fingerprint density at radius 2 is 1.71 bits per heavy atom. The van der Waals surface area contributed by atoms with Crippen molar-refractivity contribution in [1.29, 1.82) is 0 Å². The number of hydrogen-bond acceptors (Lipinski definition) is 5. The molecule has 24 heavy (non-hydrogen) atoms. The molecule has 8 heteroatoms. The van der Waals surface area contributed by atoms with E-state index in [0.717, 1.165) is 10.5 Å². The van der Waals surface area contributed by atoms with Crippen LogP contribution in [-0.4, -0.2) is 27.2 Å². The summed E-state index contributed by atoms with van der Waals surface area (Å²) in [5.74, 6) is 0.221. The molecule has 2 aromatic rings. The van der Waals surface area contributed by atoms with Crippen molar-refractivity contribution in [2.24, 2.45) is 0 Å². The third-order valence-corrected chi connectivity index (χ3v) is 5.36. The normalized spacial score (nSPS) is 11.1. The standard InChI is InChI=1S/C16H18N2O4S2/c1-12-3-7-14(8-4-12)23-11-16(19)17-18-24(20,21)15-9-5-13(22-2)6-10-15/h3-10,18H,11H2,1-2H3,(H,17,19). The van der Waals surface area contributed by atoms with E-state index in [1.165, 1.54) is 43.1 Å². The highest BCUT2D eigenvalue weighted by molar-refractivity contribution is 8.00. The molecule has 1 amide bonds. The van der Waals surface area contributed by atoms with Crippen molar-refractivity contribution < 1.29 is 17.9 Å². The van der Waals surface area contributed by atoms with E-state index in [1.54, 1.807) is 0 Å². The van der Waals surface area contributed by atoms with Crippen LogP contribution >= 0.6 is 11.8 Å². The zero-order chi connectivity index (χ0) is 17.6. The maximum absolute atomic E-state index is 12.1. The molecule has 0 aliphatic carbocycles. The minimum atomic E-state index is -3.82. The number of hydrogen-bond donors (Lipinski definition) is 2. The lowest BCUT2D eigenvalue weighted by Gasteiger charge is -2.09. The van der Waals surface area contributed by atoms with Gasteiger partial charge in [-0.15, -0.1) is 16.6 Å². The lowest BCUT2D eigenvalue weighted by Crippen LogP contribution is -2.42. The molecule has 2 N–H and O–H groups in total. The molecule has 2 rings (SSSR count). The van der Waals surface area contributed by atoms with Gasteiger partial charge in [0, 0.05) is 4.90 Å². The van der Waals surface area contributed by atoms with Crippen molar-refractivity contribution in [2.75, 3.05) is 12.9 Å². The second-order valence-electron chi connectivity index (χ2n) is 4.93.